The maximum absolute atomic E-state index is 12.8. The number of hydrogen-bond donors (Lipinski definition) is 4. The number of amides is 1. The van der Waals surface area contributed by atoms with Crippen molar-refractivity contribution in [2.75, 3.05) is 24.8 Å². The van der Waals surface area contributed by atoms with Crippen LogP contribution in [0.2, 0.25) is 0 Å². The Morgan fingerprint density at radius 3 is 2.93 bits per heavy atom. The van der Waals surface area contributed by atoms with Crippen LogP contribution in [0.1, 0.15) is 23.2 Å². The van der Waals surface area contributed by atoms with Gasteiger partial charge in [0.05, 0.1) is 18.3 Å². The lowest BCUT2D eigenvalue weighted by Gasteiger charge is -2.35. The number of aromatic amines is 1. The van der Waals surface area contributed by atoms with Crippen LogP contribution in [0.4, 0.5) is 17.3 Å². The summed E-state index contributed by atoms with van der Waals surface area (Å²) in [5.41, 5.74) is 0.818. The van der Waals surface area contributed by atoms with E-state index in [0.29, 0.717) is 28.5 Å². The van der Waals surface area contributed by atoms with E-state index in [9.17, 15) is 9.59 Å². The highest BCUT2D eigenvalue weighted by Crippen LogP contribution is 2.24. The SMILES string of the molecule is CNc1cc(Nc2ccc[nH]c2=O)nc2c(C(=O)NC3CC[C@H]3OC)cnn12. The van der Waals surface area contributed by atoms with Crippen LogP contribution >= 0.6 is 0 Å². The first kappa shape index (κ1) is 18.0. The second-order valence-corrected chi connectivity index (χ2v) is 6.54. The molecule has 0 saturated heterocycles. The van der Waals surface area contributed by atoms with Gasteiger partial charge in [-0.1, -0.05) is 0 Å². The number of anilines is 3. The maximum atomic E-state index is 12.8. The minimum Gasteiger partial charge on any atom is -0.379 e. The first-order valence-corrected chi connectivity index (χ1v) is 8.95. The molecule has 1 aliphatic rings. The Kier molecular flexibility index (Phi) is 4.70. The highest BCUT2D eigenvalue weighted by molar-refractivity contribution is 6.00. The molecule has 0 aromatic carbocycles. The molecule has 0 aliphatic heterocycles. The average Bonchev–Trinajstić information content (AvgIpc) is 3.10. The molecule has 10 heteroatoms. The number of aromatic nitrogens is 4. The number of carbonyl (C=O) groups is 1. The van der Waals surface area contributed by atoms with Gasteiger partial charge in [0.1, 0.15) is 22.9 Å². The van der Waals surface area contributed by atoms with E-state index in [1.807, 2.05) is 0 Å². The fourth-order valence-electron chi connectivity index (χ4n) is 3.19. The first-order chi connectivity index (χ1) is 13.6. The number of methoxy groups -OCH3 is 1. The van der Waals surface area contributed by atoms with Crippen LogP contribution in [0.5, 0.6) is 0 Å². The summed E-state index contributed by atoms with van der Waals surface area (Å²) in [5, 5.41) is 13.3. The molecular weight excluding hydrogens is 362 g/mol. The van der Waals surface area contributed by atoms with Crippen LogP contribution in [0, 0.1) is 0 Å². The van der Waals surface area contributed by atoms with E-state index < -0.39 is 0 Å². The second-order valence-electron chi connectivity index (χ2n) is 6.54. The summed E-state index contributed by atoms with van der Waals surface area (Å²) in [7, 11) is 3.38. The fraction of sp³-hybridized carbons (Fsp3) is 0.333. The van der Waals surface area contributed by atoms with Gasteiger partial charge in [-0.2, -0.15) is 9.61 Å². The third-order valence-electron chi connectivity index (χ3n) is 4.88. The van der Waals surface area contributed by atoms with Crippen molar-refractivity contribution in [2.45, 2.75) is 25.0 Å². The molecule has 3 aromatic heterocycles. The molecular formula is C18H21N7O3. The number of ether oxygens (including phenoxy) is 1. The third-order valence-corrected chi connectivity index (χ3v) is 4.88. The highest BCUT2D eigenvalue weighted by Gasteiger charge is 2.33. The molecule has 0 bridgehead atoms. The molecule has 3 heterocycles. The third kappa shape index (κ3) is 3.18. The molecule has 1 fully saturated rings. The lowest BCUT2D eigenvalue weighted by Crippen LogP contribution is -2.51. The van der Waals surface area contributed by atoms with E-state index in [4.69, 9.17) is 4.74 Å². The molecule has 1 amide bonds. The zero-order valence-corrected chi connectivity index (χ0v) is 15.5. The van der Waals surface area contributed by atoms with Crippen molar-refractivity contribution < 1.29 is 9.53 Å². The molecule has 0 spiro atoms. The lowest BCUT2D eigenvalue weighted by atomic mass is 9.89. The van der Waals surface area contributed by atoms with Crippen LogP contribution in [0.15, 0.2) is 35.4 Å². The molecule has 3 aromatic rings. The van der Waals surface area contributed by atoms with Gasteiger partial charge in [0, 0.05) is 26.4 Å². The second kappa shape index (κ2) is 7.31. The zero-order chi connectivity index (χ0) is 19.7. The van der Waals surface area contributed by atoms with E-state index in [0.717, 1.165) is 12.8 Å². The Bertz CT molecular complexity index is 1070. The topological polar surface area (TPSA) is 125 Å². The standard InChI is InChI=1S/C18H21N7O3/c1-19-15-8-14(22-12-4-3-7-20-18(12)27)24-16-10(9-21-25(15)16)17(26)23-11-5-6-13(11)28-2/h3-4,7-9,11,13,19H,5-6H2,1-2H3,(H,20,27)(H,22,24)(H,23,26)/t11?,13-/m1/s1. The number of H-pyrrole nitrogens is 1. The molecule has 10 nitrogen and oxygen atoms in total. The van der Waals surface area contributed by atoms with E-state index in [1.165, 1.54) is 6.20 Å². The Labute approximate surface area is 160 Å². The summed E-state index contributed by atoms with van der Waals surface area (Å²) in [6, 6.07) is 5.06. The number of rotatable bonds is 6. The van der Waals surface area contributed by atoms with Crippen LogP contribution in [0.3, 0.4) is 0 Å². The average molecular weight is 383 g/mol. The predicted molar refractivity (Wildman–Crippen MR) is 104 cm³/mol. The van der Waals surface area contributed by atoms with Gasteiger partial charge >= 0.3 is 0 Å². The lowest BCUT2D eigenvalue weighted by molar-refractivity contribution is 0.00732. The fourth-order valence-corrected chi connectivity index (χ4v) is 3.19. The molecule has 1 aliphatic carbocycles. The summed E-state index contributed by atoms with van der Waals surface area (Å²) >= 11 is 0. The largest absolute Gasteiger partial charge is 0.379 e. The number of carbonyl (C=O) groups excluding carboxylic acids is 1. The van der Waals surface area contributed by atoms with Crippen molar-refractivity contribution in [3.63, 3.8) is 0 Å². The monoisotopic (exact) mass is 383 g/mol. The quantitative estimate of drug-likeness (QED) is 0.502. The number of nitrogens with one attached hydrogen (secondary N) is 4. The van der Waals surface area contributed by atoms with Crippen molar-refractivity contribution in [1.82, 2.24) is 24.9 Å². The van der Waals surface area contributed by atoms with Crippen molar-refractivity contribution >= 4 is 28.9 Å². The summed E-state index contributed by atoms with van der Waals surface area (Å²) in [6.45, 7) is 0. The van der Waals surface area contributed by atoms with E-state index in [-0.39, 0.29) is 23.6 Å². The molecule has 4 rings (SSSR count). The molecule has 2 atom stereocenters. The normalized spacial score (nSPS) is 18.5. The predicted octanol–water partition coefficient (Wildman–Crippen LogP) is 1.11. The Morgan fingerprint density at radius 2 is 2.25 bits per heavy atom. The van der Waals surface area contributed by atoms with Crippen molar-refractivity contribution in [1.29, 1.82) is 0 Å². The maximum Gasteiger partial charge on any atom is 0.271 e. The van der Waals surface area contributed by atoms with Crippen LogP contribution in [-0.2, 0) is 4.74 Å². The molecule has 0 radical (unpaired) electrons. The van der Waals surface area contributed by atoms with Gasteiger partial charge in [-0.3, -0.25) is 9.59 Å². The Balaban J connectivity index is 1.68. The van der Waals surface area contributed by atoms with Gasteiger partial charge in [-0.05, 0) is 25.0 Å². The smallest absolute Gasteiger partial charge is 0.271 e. The summed E-state index contributed by atoms with van der Waals surface area (Å²) < 4.78 is 6.88. The summed E-state index contributed by atoms with van der Waals surface area (Å²) in [5.74, 6) is 0.782. The van der Waals surface area contributed by atoms with Gasteiger partial charge in [-0.15, -0.1) is 0 Å². The van der Waals surface area contributed by atoms with Crippen molar-refractivity contribution in [3.05, 3.63) is 46.5 Å². The number of fused-ring (bicyclic) bond motifs is 1. The molecule has 146 valence electrons. The Hall–Kier alpha value is -3.40. The summed E-state index contributed by atoms with van der Waals surface area (Å²) in [4.78, 5) is 31.8. The molecule has 4 N–H and O–H groups in total. The number of hydrogen-bond acceptors (Lipinski definition) is 7. The minimum absolute atomic E-state index is 0.0135. The van der Waals surface area contributed by atoms with Crippen molar-refractivity contribution in [2.24, 2.45) is 0 Å². The van der Waals surface area contributed by atoms with Crippen LogP contribution in [-0.4, -0.2) is 51.8 Å². The zero-order valence-electron chi connectivity index (χ0n) is 15.5. The van der Waals surface area contributed by atoms with Gasteiger partial charge in [0.2, 0.25) is 0 Å². The van der Waals surface area contributed by atoms with E-state index >= 15 is 0 Å². The van der Waals surface area contributed by atoms with Crippen molar-refractivity contribution in [3.8, 4) is 0 Å². The Morgan fingerprint density at radius 1 is 1.39 bits per heavy atom. The number of pyridine rings is 1. The van der Waals surface area contributed by atoms with Crippen LogP contribution < -0.4 is 21.5 Å². The van der Waals surface area contributed by atoms with E-state index in [1.54, 1.807) is 43.1 Å². The van der Waals surface area contributed by atoms with E-state index in [2.05, 4.69) is 31.0 Å². The van der Waals surface area contributed by atoms with Gasteiger partial charge in [0.25, 0.3) is 11.5 Å². The first-order valence-electron chi connectivity index (χ1n) is 8.95. The van der Waals surface area contributed by atoms with Gasteiger partial charge in [0.15, 0.2) is 5.65 Å². The minimum atomic E-state index is -0.266. The summed E-state index contributed by atoms with van der Waals surface area (Å²) in [6.07, 6.45) is 4.88. The van der Waals surface area contributed by atoms with Gasteiger partial charge < -0.3 is 25.7 Å². The van der Waals surface area contributed by atoms with Crippen LogP contribution in [0.25, 0.3) is 5.65 Å². The number of nitrogens with zero attached hydrogens (tertiary/aromatic N) is 3. The molecule has 1 saturated carbocycles. The molecule has 28 heavy (non-hydrogen) atoms. The van der Waals surface area contributed by atoms with Gasteiger partial charge in [-0.25, -0.2) is 4.98 Å². The molecule has 1 unspecified atom stereocenters. The highest BCUT2D eigenvalue weighted by atomic mass is 16.5.